The first kappa shape index (κ1) is 18.2. The first-order chi connectivity index (χ1) is 8.71. The molecule has 0 amide bonds. The van der Waals surface area contributed by atoms with E-state index in [9.17, 15) is 0 Å². The molecule has 0 aromatic heterocycles. The van der Waals surface area contributed by atoms with E-state index in [1.54, 1.807) is 14.2 Å². The Bertz CT molecular complexity index is 184. The molecule has 4 nitrogen and oxygen atoms in total. The van der Waals surface area contributed by atoms with Gasteiger partial charge in [0.25, 0.3) is 0 Å². The summed E-state index contributed by atoms with van der Waals surface area (Å²) in [5, 5.41) is 0. The maximum absolute atomic E-state index is 5.93. The molecule has 0 heterocycles. The summed E-state index contributed by atoms with van der Waals surface area (Å²) in [6.07, 6.45) is 1.13. The average Bonchev–Trinajstić information content (AvgIpc) is 2.37. The summed E-state index contributed by atoms with van der Waals surface area (Å²) in [5.74, 6) is 2.34. The minimum absolute atomic E-state index is 0.380. The monoisotopic (exact) mass is 278 g/mol. The fourth-order valence-electron chi connectivity index (χ4n) is 2.08. The van der Waals surface area contributed by atoms with E-state index in [-0.39, 0.29) is 0 Å². The molecule has 2 atom stereocenters. The smallest absolute Gasteiger partial charge is 0.0615 e. The van der Waals surface area contributed by atoms with Gasteiger partial charge in [0.1, 0.15) is 0 Å². The molecule has 0 saturated carbocycles. The van der Waals surface area contributed by atoms with Gasteiger partial charge in [-0.2, -0.15) is 11.8 Å². The summed E-state index contributed by atoms with van der Waals surface area (Å²) < 4.78 is 10.4. The van der Waals surface area contributed by atoms with E-state index in [0.717, 1.165) is 26.2 Å². The van der Waals surface area contributed by atoms with Crippen molar-refractivity contribution < 1.29 is 9.47 Å². The zero-order valence-corrected chi connectivity index (χ0v) is 13.2. The molecule has 0 aromatic carbocycles. The van der Waals surface area contributed by atoms with E-state index < -0.39 is 0 Å². The van der Waals surface area contributed by atoms with Gasteiger partial charge in [0.15, 0.2) is 0 Å². The quantitative estimate of drug-likeness (QED) is 0.547. The Morgan fingerprint density at radius 2 is 2.00 bits per heavy atom. The number of ether oxygens (including phenoxy) is 2. The zero-order valence-electron chi connectivity index (χ0n) is 12.4. The lowest BCUT2D eigenvalue weighted by Gasteiger charge is -2.35. The summed E-state index contributed by atoms with van der Waals surface area (Å²) in [4.78, 5) is 2.42. The van der Waals surface area contributed by atoms with Crippen LogP contribution in [0.1, 0.15) is 20.3 Å². The summed E-state index contributed by atoms with van der Waals surface area (Å²) in [5.41, 5.74) is 5.93. The average molecular weight is 278 g/mol. The highest BCUT2D eigenvalue weighted by molar-refractivity contribution is 7.99. The largest absolute Gasteiger partial charge is 0.383 e. The van der Waals surface area contributed by atoms with Gasteiger partial charge in [-0.1, -0.05) is 6.92 Å². The number of thioether (sulfide) groups is 1. The summed E-state index contributed by atoms with van der Waals surface area (Å²) >= 11 is 1.97. The molecule has 2 N–H and O–H groups in total. The van der Waals surface area contributed by atoms with Crippen molar-refractivity contribution in [3.05, 3.63) is 0 Å². The molecule has 0 aromatic rings. The molecule has 0 aliphatic carbocycles. The van der Waals surface area contributed by atoms with Gasteiger partial charge in [-0.25, -0.2) is 0 Å². The van der Waals surface area contributed by atoms with Gasteiger partial charge in [0.05, 0.1) is 13.2 Å². The first-order valence-corrected chi connectivity index (χ1v) is 7.88. The number of hydrogen-bond donors (Lipinski definition) is 1. The van der Waals surface area contributed by atoms with Gasteiger partial charge >= 0.3 is 0 Å². The van der Waals surface area contributed by atoms with Gasteiger partial charge in [-0.05, 0) is 24.9 Å². The molecule has 110 valence electrons. The molecule has 2 unspecified atom stereocenters. The van der Waals surface area contributed by atoms with Crippen LogP contribution in [0.3, 0.4) is 0 Å². The lowest BCUT2D eigenvalue weighted by molar-refractivity contribution is 0.0483. The van der Waals surface area contributed by atoms with Crippen molar-refractivity contribution in [1.29, 1.82) is 0 Å². The van der Waals surface area contributed by atoms with E-state index in [0.29, 0.717) is 18.6 Å². The molecule has 0 spiro atoms. The van der Waals surface area contributed by atoms with Crippen LogP contribution in [-0.2, 0) is 9.47 Å². The number of methoxy groups -OCH3 is 2. The Kier molecular flexibility index (Phi) is 12.4. The van der Waals surface area contributed by atoms with Crippen LogP contribution >= 0.6 is 11.8 Å². The Labute approximate surface area is 117 Å². The minimum Gasteiger partial charge on any atom is -0.383 e. The van der Waals surface area contributed by atoms with Crippen molar-refractivity contribution in [2.75, 3.05) is 52.0 Å². The Hall–Kier alpha value is 0.190. The third-order valence-electron chi connectivity index (χ3n) is 3.07. The summed E-state index contributed by atoms with van der Waals surface area (Å²) in [7, 11) is 3.49. The normalized spacial score (nSPS) is 15.0. The topological polar surface area (TPSA) is 47.7 Å². The van der Waals surface area contributed by atoms with Crippen LogP contribution in [0.5, 0.6) is 0 Å². The van der Waals surface area contributed by atoms with Crippen LogP contribution < -0.4 is 5.73 Å². The second-order valence-corrected chi connectivity index (χ2v) is 5.80. The highest BCUT2D eigenvalue weighted by Crippen LogP contribution is 2.12. The van der Waals surface area contributed by atoms with Crippen molar-refractivity contribution in [2.45, 2.75) is 32.4 Å². The van der Waals surface area contributed by atoms with Crippen LogP contribution in [0.25, 0.3) is 0 Å². The number of rotatable bonds is 12. The maximum atomic E-state index is 5.93. The Morgan fingerprint density at radius 3 is 2.50 bits per heavy atom. The molecule has 5 heteroatoms. The highest BCUT2D eigenvalue weighted by Gasteiger charge is 2.21. The molecule has 0 radical (unpaired) electrons. The maximum Gasteiger partial charge on any atom is 0.0615 e. The van der Waals surface area contributed by atoms with E-state index in [1.807, 2.05) is 11.8 Å². The minimum atomic E-state index is 0.380. The molecule has 0 fully saturated rings. The molecule has 18 heavy (non-hydrogen) atoms. The molecular weight excluding hydrogens is 248 g/mol. The number of hydrogen-bond acceptors (Lipinski definition) is 5. The standard InChI is InChI=1S/C13H30N2O2S/c1-5-18-9-6-13(10-14)15(7-8-16-3)12(2)11-17-4/h12-13H,5-11,14H2,1-4H3. The van der Waals surface area contributed by atoms with Gasteiger partial charge in [0.2, 0.25) is 0 Å². The molecule has 0 bridgehead atoms. The van der Waals surface area contributed by atoms with Crippen LogP contribution in [0.4, 0.5) is 0 Å². The van der Waals surface area contributed by atoms with Crippen molar-refractivity contribution in [3.8, 4) is 0 Å². The predicted molar refractivity (Wildman–Crippen MR) is 80.4 cm³/mol. The van der Waals surface area contributed by atoms with Crippen molar-refractivity contribution >= 4 is 11.8 Å². The molecule has 0 saturated heterocycles. The summed E-state index contributed by atoms with van der Waals surface area (Å²) in [6, 6.07) is 0.801. The number of nitrogens with zero attached hydrogens (tertiary/aromatic N) is 1. The van der Waals surface area contributed by atoms with Crippen molar-refractivity contribution in [1.82, 2.24) is 4.90 Å². The summed E-state index contributed by atoms with van der Waals surface area (Å²) in [6.45, 7) is 7.47. The number of nitrogens with two attached hydrogens (primary N) is 1. The second kappa shape index (κ2) is 12.2. The second-order valence-electron chi connectivity index (χ2n) is 4.41. The predicted octanol–water partition coefficient (Wildman–Crippen LogP) is 1.44. The van der Waals surface area contributed by atoms with Gasteiger partial charge in [-0.3, -0.25) is 4.90 Å². The fraction of sp³-hybridized carbons (Fsp3) is 1.00. The van der Waals surface area contributed by atoms with Crippen molar-refractivity contribution in [3.63, 3.8) is 0 Å². The van der Waals surface area contributed by atoms with Gasteiger partial charge < -0.3 is 15.2 Å². The molecule has 0 aliphatic rings. The Balaban J connectivity index is 4.35. The van der Waals surface area contributed by atoms with Crippen LogP contribution in [0.2, 0.25) is 0 Å². The third-order valence-corrected chi connectivity index (χ3v) is 4.00. The lowest BCUT2D eigenvalue weighted by atomic mass is 10.1. The van der Waals surface area contributed by atoms with Crippen molar-refractivity contribution in [2.24, 2.45) is 5.73 Å². The Morgan fingerprint density at radius 1 is 1.28 bits per heavy atom. The van der Waals surface area contributed by atoms with E-state index in [2.05, 4.69) is 18.7 Å². The van der Waals surface area contributed by atoms with Crippen LogP contribution in [-0.4, -0.2) is 69.0 Å². The van der Waals surface area contributed by atoms with Crippen LogP contribution in [0.15, 0.2) is 0 Å². The van der Waals surface area contributed by atoms with Gasteiger partial charge in [-0.15, -0.1) is 0 Å². The first-order valence-electron chi connectivity index (χ1n) is 6.72. The van der Waals surface area contributed by atoms with Gasteiger partial charge in [0, 0.05) is 39.4 Å². The molecule has 0 rings (SSSR count). The molecule has 0 aliphatic heterocycles. The fourth-order valence-corrected chi connectivity index (χ4v) is 2.81. The third kappa shape index (κ3) is 7.59. The van der Waals surface area contributed by atoms with Crippen LogP contribution in [0, 0.1) is 0 Å². The molecular formula is C13H30N2O2S. The van der Waals surface area contributed by atoms with E-state index >= 15 is 0 Å². The van der Waals surface area contributed by atoms with E-state index in [1.165, 1.54) is 11.5 Å². The zero-order chi connectivity index (χ0) is 13.8. The van der Waals surface area contributed by atoms with E-state index in [4.69, 9.17) is 15.2 Å². The SMILES string of the molecule is CCSCCC(CN)N(CCOC)C(C)COC. The highest BCUT2D eigenvalue weighted by atomic mass is 32.2. The lowest BCUT2D eigenvalue weighted by Crippen LogP contribution is -2.49.